The first-order chi connectivity index (χ1) is 22.3. The van der Waals surface area contributed by atoms with Gasteiger partial charge in [0.1, 0.15) is 6.10 Å². The van der Waals surface area contributed by atoms with Gasteiger partial charge in [0.15, 0.2) is 18.0 Å². The average molecular weight is 657 g/mol. The minimum absolute atomic E-state index is 0.0125. The van der Waals surface area contributed by atoms with Gasteiger partial charge in [-0.2, -0.15) is 0 Å². The summed E-state index contributed by atoms with van der Waals surface area (Å²) in [7, 11) is 0. The van der Waals surface area contributed by atoms with Crippen LogP contribution < -0.4 is 0 Å². The maximum absolute atomic E-state index is 12.4. The number of imide groups is 2. The number of aliphatic hydroxyl groups is 1. The number of hydrogen-bond donors (Lipinski definition) is 1. The number of cyclic esters (lactones) is 2. The number of rotatable bonds is 9. The second kappa shape index (κ2) is 14.2. The topological polar surface area (TPSA) is 174 Å². The molecule has 3 aliphatic heterocycles. The van der Waals surface area contributed by atoms with E-state index in [9.17, 15) is 33.6 Å². The van der Waals surface area contributed by atoms with Gasteiger partial charge in [-0.15, -0.1) is 0 Å². The lowest BCUT2D eigenvalue weighted by Gasteiger charge is -2.22. The molecule has 0 aromatic carbocycles. The zero-order chi connectivity index (χ0) is 34.2. The Balaban J connectivity index is 0.000000148. The number of allylic oxidation sites excluding steroid dienone is 4. The van der Waals surface area contributed by atoms with Crippen molar-refractivity contribution in [3.8, 4) is 0 Å². The number of hydrogen-bond acceptors (Lipinski definition) is 11. The Kier molecular flexibility index (Phi) is 10.4. The Morgan fingerprint density at radius 1 is 0.745 bits per heavy atom. The minimum Gasteiger partial charge on any atom is -0.448 e. The SMILES string of the molecule is CC(=O)C(C)OCCCN1C(=O)[C@@H]2C3C=CC(C3)[C@@H]2C1=O.CC1OC(=O)C(C)OC1=O.O=C1[C@@H]2C3C=CC(C3)[C@@H]2C(=O)N1CCCO. The Labute approximate surface area is 273 Å². The van der Waals surface area contributed by atoms with E-state index in [1.165, 1.54) is 30.6 Å². The summed E-state index contributed by atoms with van der Waals surface area (Å²) in [4.78, 5) is 84.1. The quantitative estimate of drug-likeness (QED) is 0.164. The fraction of sp³-hybridized carbons (Fsp3) is 0.676. The number of Topliss-reactive ketones (excluding diaryl/α,β-unsaturated/α-hetero) is 1. The van der Waals surface area contributed by atoms with Gasteiger partial charge >= 0.3 is 11.9 Å². The highest BCUT2D eigenvalue weighted by molar-refractivity contribution is 6.07. The number of likely N-dealkylation sites (tertiary alicyclic amines) is 2. The van der Waals surface area contributed by atoms with Gasteiger partial charge < -0.3 is 19.3 Å². The number of nitrogens with zero attached hydrogens (tertiary/aromatic N) is 2. The van der Waals surface area contributed by atoms with Gasteiger partial charge in [0.25, 0.3) is 0 Å². The van der Waals surface area contributed by atoms with Crippen molar-refractivity contribution in [2.24, 2.45) is 47.3 Å². The molecule has 4 bridgehead atoms. The lowest BCUT2D eigenvalue weighted by molar-refractivity contribution is -0.191. The largest absolute Gasteiger partial charge is 0.448 e. The summed E-state index contributed by atoms with van der Waals surface area (Å²) in [6.07, 6.45) is 9.45. The smallest absolute Gasteiger partial charge is 0.347 e. The number of carbonyl (C=O) groups is 7. The zero-order valence-electron chi connectivity index (χ0n) is 27.2. The van der Waals surface area contributed by atoms with Crippen LogP contribution in [0.15, 0.2) is 24.3 Å². The number of amides is 4. The highest BCUT2D eigenvalue weighted by Gasteiger charge is 2.60. The molecule has 0 spiro atoms. The van der Waals surface area contributed by atoms with Gasteiger partial charge in [-0.05, 0) is 77.0 Å². The second-order valence-corrected chi connectivity index (χ2v) is 13.4. The summed E-state index contributed by atoms with van der Waals surface area (Å²) in [6.45, 7) is 7.34. The van der Waals surface area contributed by atoms with Crippen LogP contribution in [0.5, 0.6) is 0 Å². The van der Waals surface area contributed by atoms with E-state index in [-0.39, 0.29) is 83.4 Å². The van der Waals surface area contributed by atoms with Crippen molar-refractivity contribution in [3.05, 3.63) is 24.3 Å². The van der Waals surface area contributed by atoms with Crippen LogP contribution in [0.3, 0.4) is 0 Å². The van der Waals surface area contributed by atoms with Crippen LogP contribution in [0.1, 0.15) is 53.4 Å². The van der Waals surface area contributed by atoms with Crippen LogP contribution in [-0.2, 0) is 47.8 Å². The number of carbonyl (C=O) groups excluding carboxylic acids is 7. The number of esters is 2. The standard InChI is InChI=1S/C16H21NO4.C12H15NO3.C6H8O4/c1-9(18)10(2)21-7-3-6-17-15(19)13-11-4-5-12(8-11)14(13)16(17)20;14-5-1-4-13-11(15)9-7-2-3-8(6-7)10(9)12(13)16;1-3-5(7)10-4(2)6(8)9-3/h4-5,10-14H,3,6-8H2,1-2H3;2-3,7-10,14H,1,4-6H2;3-4H,1-2H3/t10?,11?,12?,13-,14+;7?,8?,9-,10+;. The van der Waals surface area contributed by atoms with Crippen molar-refractivity contribution >= 4 is 41.4 Å². The molecule has 3 saturated heterocycles. The molecule has 13 nitrogen and oxygen atoms in total. The average Bonchev–Trinajstić information content (AvgIpc) is 3.89. The van der Waals surface area contributed by atoms with Gasteiger partial charge in [-0.1, -0.05) is 24.3 Å². The molecule has 5 fully saturated rings. The first-order valence-corrected chi connectivity index (χ1v) is 16.6. The van der Waals surface area contributed by atoms with Crippen molar-refractivity contribution < 1.29 is 52.9 Å². The van der Waals surface area contributed by atoms with Gasteiger partial charge in [-0.25, -0.2) is 9.59 Å². The van der Waals surface area contributed by atoms with Crippen LogP contribution in [0.2, 0.25) is 0 Å². The van der Waals surface area contributed by atoms with Crippen LogP contribution in [0.25, 0.3) is 0 Å². The van der Waals surface area contributed by atoms with Gasteiger partial charge in [0.05, 0.1) is 23.7 Å². The summed E-state index contributed by atoms with van der Waals surface area (Å²) >= 11 is 0. The van der Waals surface area contributed by atoms with E-state index >= 15 is 0 Å². The van der Waals surface area contributed by atoms with E-state index in [2.05, 4.69) is 33.8 Å². The van der Waals surface area contributed by atoms with Gasteiger partial charge in [-0.3, -0.25) is 33.8 Å². The van der Waals surface area contributed by atoms with Crippen molar-refractivity contribution in [2.75, 3.05) is 26.3 Å². The third-order valence-electron chi connectivity index (χ3n) is 10.4. The van der Waals surface area contributed by atoms with Crippen molar-refractivity contribution in [1.82, 2.24) is 9.80 Å². The highest BCUT2D eigenvalue weighted by Crippen LogP contribution is 2.53. The molecule has 7 unspecified atom stereocenters. The third-order valence-corrected chi connectivity index (χ3v) is 10.4. The van der Waals surface area contributed by atoms with E-state index in [0.717, 1.165) is 12.8 Å². The molecule has 13 heteroatoms. The molecular weight excluding hydrogens is 612 g/mol. The molecule has 7 rings (SSSR count). The maximum atomic E-state index is 12.4. The Bertz CT molecular complexity index is 1290. The normalized spacial score (nSPS) is 36.1. The first kappa shape index (κ1) is 34.6. The Morgan fingerprint density at radius 2 is 1.11 bits per heavy atom. The predicted octanol–water partition coefficient (Wildman–Crippen LogP) is 1.22. The lowest BCUT2D eigenvalue weighted by atomic mass is 9.85. The third kappa shape index (κ3) is 6.69. The van der Waals surface area contributed by atoms with Crippen molar-refractivity contribution in [1.29, 1.82) is 0 Å². The molecular formula is C34H44N2O11. The Hall–Kier alpha value is -3.71. The van der Waals surface area contributed by atoms with Crippen LogP contribution in [0, 0.1) is 47.3 Å². The van der Waals surface area contributed by atoms with Crippen molar-refractivity contribution in [2.45, 2.75) is 71.7 Å². The van der Waals surface area contributed by atoms with E-state index in [4.69, 9.17) is 9.84 Å². The molecule has 0 aromatic heterocycles. The molecule has 4 amide bonds. The second-order valence-electron chi connectivity index (χ2n) is 13.4. The van der Waals surface area contributed by atoms with E-state index < -0.39 is 30.3 Å². The van der Waals surface area contributed by atoms with Crippen LogP contribution >= 0.6 is 0 Å². The minimum atomic E-state index is -0.747. The zero-order valence-corrected chi connectivity index (χ0v) is 27.2. The molecule has 7 aliphatic rings. The molecule has 2 saturated carbocycles. The van der Waals surface area contributed by atoms with E-state index in [1.54, 1.807) is 6.92 Å². The summed E-state index contributed by atoms with van der Waals surface area (Å²) < 4.78 is 14.6. The summed E-state index contributed by atoms with van der Waals surface area (Å²) in [5.74, 6) is -0.373. The molecule has 3 heterocycles. The number of aliphatic hydroxyl groups excluding tert-OH is 1. The molecule has 256 valence electrons. The number of fused-ring (bicyclic) bond motifs is 10. The summed E-state index contributed by atoms with van der Waals surface area (Å²) in [5, 5.41) is 8.76. The summed E-state index contributed by atoms with van der Waals surface area (Å²) in [5.41, 5.74) is 0. The monoisotopic (exact) mass is 656 g/mol. The molecule has 11 atom stereocenters. The van der Waals surface area contributed by atoms with Gasteiger partial charge in [0, 0.05) is 26.3 Å². The number of ether oxygens (including phenoxy) is 3. The molecule has 47 heavy (non-hydrogen) atoms. The lowest BCUT2D eigenvalue weighted by Crippen LogP contribution is -2.40. The Morgan fingerprint density at radius 3 is 1.45 bits per heavy atom. The first-order valence-electron chi connectivity index (χ1n) is 16.6. The predicted molar refractivity (Wildman–Crippen MR) is 162 cm³/mol. The van der Waals surface area contributed by atoms with E-state index in [1.807, 2.05) is 0 Å². The molecule has 4 aliphatic carbocycles. The van der Waals surface area contributed by atoms with Gasteiger partial charge in [0.2, 0.25) is 23.6 Å². The van der Waals surface area contributed by atoms with Crippen LogP contribution in [0.4, 0.5) is 0 Å². The molecule has 1 N–H and O–H groups in total. The molecule has 0 radical (unpaired) electrons. The fourth-order valence-corrected chi connectivity index (χ4v) is 7.83. The fourth-order valence-electron chi connectivity index (χ4n) is 7.83. The van der Waals surface area contributed by atoms with Crippen LogP contribution in [-0.4, -0.2) is 101 Å². The van der Waals surface area contributed by atoms with E-state index in [0.29, 0.717) is 32.5 Å². The summed E-state index contributed by atoms with van der Waals surface area (Å²) in [6, 6.07) is 0. The number of ketones is 1. The maximum Gasteiger partial charge on any atom is 0.347 e. The highest BCUT2D eigenvalue weighted by atomic mass is 16.6. The molecule has 0 aromatic rings. The van der Waals surface area contributed by atoms with Crippen molar-refractivity contribution in [3.63, 3.8) is 0 Å².